The lowest BCUT2D eigenvalue weighted by molar-refractivity contribution is -0.142. The summed E-state index contributed by atoms with van der Waals surface area (Å²) in [7, 11) is 0. The molecule has 1 aromatic carbocycles. The lowest BCUT2D eigenvalue weighted by Gasteiger charge is -2.21. The molecule has 1 fully saturated rings. The molecule has 11 heteroatoms. The lowest BCUT2D eigenvalue weighted by Crippen LogP contribution is -2.33. The molecule has 30 heavy (non-hydrogen) atoms. The average molecular weight is 447 g/mol. The van der Waals surface area contributed by atoms with Crippen LogP contribution >= 0.6 is 11.6 Å². The van der Waals surface area contributed by atoms with E-state index in [1.807, 2.05) is 0 Å². The Balaban J connectivity index is 1.70. The standard InChI is InChI=1S/C19H19ClF4N4O2/c20-13-8-12(6-7-14(13)21)27-17-25-10-15(16(28-17)19(22,23)24)30-18(29)26-9-11-4-2-1-3-5-11/h6-8,10-11H,1-5,9H2,(H,26,29)(H,25,27,28). The van der Waals surface area contributed by atoms with Gasteiger partial charge < -0.3 is 15.4 Å². The number of carbonyl (C=O) groups is 1. The second-order valence-corrected chi connectivity index (χ2v) is 7.34. The normalized spacial score (nSPS) is 15.0. The molecule has 0 radical (unpaired) electrons. The minimum Gasteiger partial charge on any atom is -0.406 e. The first-order valence-electron chi connectivity index (χ1n) is 9.34. The van der Waals surface area contributed by atoms with E-state index in [0.717, 1.165) is 44.4 Å². The van der Waals surface area contributed by atoms with E-state index in [-0.39, 0.29) is 10.7 Å². The van der Waals surface area contributed by atoms with E-state index in [4.69, 9.17) is 16.3 Å². The molecule has 0 unspecified atom stereocenters. The summed E-state index contributed by atoms with van der Waals surface area (Å²) < 4.78 is 58.3. The second-order valence-electron chi connectivity index (χ2n) is 6.93. The Kier molecular flexibility index (Phi) is 6.96. The van der Waals surface area contributed by atoms with E-state index in [9.17, 15) is 22.4 Å². The third-order valence-electron chi connectivity index (χ3n) is 4.66. The largest absolute Gasteiger partial charge is 0.437 e. The highest BCUT2D eigenvalue weighted by Crippen LogP contribution is 2.35. The number of nitrogens with one attached hydrogen (secondary N) is 2. The number of nitrogens with zero attached hydrogens (tertiary/aromatic N) is 2. The molecule has 0 saturated heterocycles. The van der Waals surface area contributed by atoms with E-state index in [0.29, 0.717) is 12.5 Å². The van der Waals surface area contributed by atoms with E-state index in [1.165, 1.54) is 12.1 Å². The monoisotopic (exact) mass is 446 g/mol. The van der Waals surface area contributed by atoms with Crippen LogP contribution in [0.1, 0.15) is 37.8 Å². The predicted octanol–water partition coefficient (Wildman–Crippen LogP) is 5.70. The van der Waals surface area contributed by atoms with E-state index >= 15 is 0 Å². The highest BCUT2D eigenvalue weighted by molar-refractivity contribution is 6.31. The summed E-state index contributed by atoms with van der Waals surface area (Å²) in [6, 6.07) is 3.49. The van der Waals surface area contributed by atoms with Gasteiger partial charge in [-0.25, -0.2) is 19.2 Å². The molecule has 0 spiro atoms. The summed E-state index contributed by atoms with van der Waals surface area (Å²) in [5.41, 5.74) is -1.23. The van der Waals surface area contributed by atoms with E-state index < -0.39 is 35.5 Å². The number of halogens is 5. The molecule has 1 heterocycles. The molecular weight excluding hydrogens is 428 g/mol. The molecule has 2 N–H and O–H groups in total. The predicted molar refractivity (Wildman–Crippen MR) is 102 cm³/mol. The molecular formula is C19H19ClF4N4O2. The summed E-state index contributed by atoms with van der Waals surface area (Å²) in [4.78, 5) is 19.1. The van der Waals surface area contributed by atoms with Crippen LogP contribution < -0.4 is 15.4 Å². The molecule has 0 atom stereocenters. The van der Waals surface area contributed by atoms with Crippen LogP contribution in [-0.2, 0) is 6.18 Å². The van der Waals surface area contributed by atoms with Gasteiger partial charge in [-0.05, 0) is 37.0 Å². The highest BCUT2D eigenvalue weighted by Gasteiger charge is 2.38. The van der Waals surface area contributed by atoms with Crippen LogP contribution in [0.25, 0.3) is 0 Å². The third-order valence-corrected chi connectivity index (χ3v) is 4.95. The molecule has 1 aliphatic rings. The highest BCUT2D eigenvalue weighted by atomic mass is 35.5. The maximum Gasteiger partial charge on any atom is 0.437 e. The first kappa shape index (κ1) is 22.1. The Morgan fingerprint density at radius 2 is 1.97 bits per heavy atom. The zero-order chi connectivity index (χ0) is 21.7. The molecule has 1 amide bonds. The Bertz CT molecular complexity index is 905. The van der Waals surface area contributed by atoms with Crippen molar-refractivity contribution in [3.8, 4) is 5.75 Å². The van der Waals surface area contributed by atoms with Gasteiger partial charge in [0.25, 0.3) is 0 Å². The minimum absolute atomic E-state index is 0.188. The van der Waals surface area contributed by atoms with Gasteiger partial charge in [0.1, 0.15) is 5.82 Å². The van der Waals surface area contributed by atoms with Gasteiger partial charge >= 0.3 is 12.3 Å². The van der Waals surface area contributed by atoms with Gasteiger partial charge in [0.2, 0.25) is 5.95 Å². The second kappa shape index (κ2) is 9.46. The summed E-state index contributed by atoms with van der Waals surface area (Å²) in [5, 5.41) is 4.78. The Labute approximate surface area is 175 Å². The van der Waals surface area contributed by atoms with Crippen molar-refractivity contribution < 1.29 is 27.1 Å². The molecule has 3 rings (SSSR count). The van der Waals surface area contributed by atoms with Gasteiger partial charge in [-0.15, -0.1) is 0 Å². The van der Waals surface area contributed by atoms with Crippen molar-refractivity contribution in [3.05, 3.63) is 40.9 Å². The number of rotatable bonds is 5. The summed E-state index contributed by atoms with van der Waals surface area (Å²) in [6.45, 7) is 0.339. The van der Waals surface area contributed by atoms with E-state index in [1.54, 1.807) is 0 Å². The van der Waals surface area contributed by atoms with Crippen molar-refractivity contribution in [1.29, 1.82) is 0 Å². The number of anilines is 2. The number of carbonyl (C=O) groups excluding carboxylic acids is 1. The van der Waals surface area contributed by atoms with Crippen molar-refractivity contribution in [2.75, 3.05) is 11.9 Å². The minimum atomic E-state index is -4.89. The van der Waals surface area contributed by atoms with Crippen molar-refractivity contribution in [1.82, 2.24) is 15.3 Å². The van der Waals surface area contributed by atoms with Crippen LogP contribution in [-0.4, -0.2) is 22.6 Å². The fourth-order valence-electron chi connectivity index (χ4n) is 3.17. The number of benzene rings is 1. The van der Waals surface area contributed by atoms with Crippen molar-refractivity contribution in [2.45, 2.75) is 38.3 Å². The smallest absolute Gasteiger partial charge is 0.406 e. The Hall–Kier alpha value is -2.62. The number of aromatic nitrogens is 2. The van der Waals surface area contributed by atoms with E-state index in [2.05, 4.69) is 20.6 Å². The SMILES string of the molecule is O=C(NCC1CCCCC1)Oc1cnc(Nc2ccc(F)c(Cl)c2)nc1C(F)(F)F. The van der Waals surface area contributed by atoms with Crippen LogP contribution in [0.5, 0.6) is 5.75 Å². The average Bonchev–Trinajstić information content (AvgIpc) is 2.70. The van der Waals surface area contributed by atoms with Crippen LogP contribution in [0.2, 0.25) is 5.02 Å². The maximum absolute atomic E-state index is 13.4. The number of ether oxygens (including phenoxy) is 1. The first-order valence-corrected chi connectivity index (χ1v) is 9.72. The molecule has 0 bridgehead atoms. The molecule has 162 valence electrons. The van der Waals surface area contributed by atoms with Crippen LogP contribution in [0.15, 0.2) is 24.4 Å². The van der Waals surface area contributed by atoms with Gasteiger partial charge in [0.15, 0.2) is 11.4 Å². The van der Waals surface area contributed by atoms with Gasteiger partial charge in [-0.2, -0.15) is 13.2 Å². The van der Waals surface area contributed by atoms with Gasteiger partial charge in [-0.3, -0.25) is 0 Å². The fraction of sp³-hybridized carbons (Fsp3) is 0.421. The number of alkyl halides is 3. The molecule has 6 nitrogen and oxygen atoms in total. The summed E-state index contributed by atoms with van der Waals surface area (Å²) in [5.74, 6) is -1.62. The van der Waals surface area contributed by atoms with Crippen LogP contribution in [0.4, 0.5) is 34.0 Å². The number of hydrogen-bond acceptors (Lipinski definition) is 5. The van der Waals surface area contributed by atoms with Crippen LogP contribution in [0.3, 0.4) is 0 Å². The lowest BCUT2D eigenvalue weighted by atomic mass is 9.89. The quantitative estimate of drug-likeness (QED) is 0.576. The Morgan fingerprint density at radius 1 is 1.23 bits per heavy atom. The van der Waals surface area contributed by atoms with Gasteiger partial charge in [0.05, 0.1) is 11.2 Å². The molecule has 1 saturated carbocycles. The molecule has 2 aromatic rings. The van der Waals surface area contributed by atoms with Crippen LogP contribution in [0, 0.1) is 11.7 Å². The topological polar surface area (TPSA) is 76.1 Å². The van der Waals surface area contributed by atoms with Gasteiger partial charge in [0, 0.05) is 12.2 Å². The zero-order valence-electron chi connectivity index (χ0n) is 15.7. The Morgan fingerprint density at radius 3 is 2.63 bits per heavy atom. The van der Waals surface area contributed by atoms with Crippen molar-refractivity contribution in [2.24, 2.45) is 5.92 Å². The number of amides is 1. The van der Waals surface area contributed by atoms with Crippen molar-refractivity contribution in [3.63, 3.8) is 0 Å². The molecule has 1 aliphatic carbocycles. The molecule has 0 aliphatic heterocycles. The zero-order valence-corrected chi connectivity index (χ0v) is 16.5. The van der Waals surface area contributed by atoms with Crippen molar-refractivity contribution >= 4 is 29.3 Å². The van der Waals surface area contributed by atoms with Gasteiger partial charge in [-0.1, -0.05) is 30.9 Å². The summed E-state index contributed by atoms with van der Waals surface area (Å²) in [6.07, 6.45) is 0.0823. The maximum atomic E-state index is 13.4. The number of hydrogen-bond donors (Lipinski definition) is 2. The third kappa shape index (κ3) is 5.94. The summed E-state index contributed by atoms with van der Waals surface area (Å²) >= 11 is 5.65. The first-order chi connectivity index (χ1) is 14.2. The molecule has 1 aromatic heterocycles. The fourth-order valence-corrected chi connectivity index (χ4v) is 3.35.